The summed E-state index contributed by atoms with van der Waals surface area (Å²) in [5.41, 5.74) is 7.47. The van der Waals surface area contributed by atoms with E-state index in [1.165, 1.54) is 6.26 Å². The number of carbonyl (C=O) groups is 2. The Labute approximate surface area is 170 Å². The highest BCUT2D eigenvalue weighted by atomic mass is 16.5. The first-order valence-corrected chi connectivity index (χ1v) is 9.82. The highest BCUT2D eigenvalue weighted by Gasteiger charge is 2.36. The Bertz CT molecular complexity index is 885. The van der Waals surface area contributed by atoms with E-state index >= 15 is 0 Å². The lowest BCUT2D eigenvalue weighted by Gasteiger charge is -2.29. The van der Waals surface area contributed by atoms with Gasteiger partial charge in [0.25, 0.3) is 0 Å². The van der Waals surface area contributed by atoms with Crippen molar-refractivity contribution in [3.8, 4) is 0 Å². The summed E-state index contributed by atoms with van der Waals surface area (Å²) in [6, 6.07) is 6.95. The van der Waals surface area contributed by atoms with Crippen LogP contribution in [0.2, 0.25) is 0 Å². The number of aromatic nitrogens is 1. The predicted octanol–water partition coefficient (Wildman–Crippen LogP) is 1.76. The van der Waals surface area contributed by atoms with Gasteiger partial charge in [0.2, 0.25) is 11.8 Å². The van der Waals surface area contributed by atoms with Crippen molar-refractivity contribution in [1.29, 1.82) is 0 Å². The molecule has 1 saturated heterocycles. The standard InChI is InChI=1S/C22H28N4O3/c1-3-15(20(29-4-2)18-10-7-11-24-18)22(28)26-19(21(23)27)12-14-13-25-17-9-6-5-8-16(14)17/h3-6,8-9,13,15,18-20,24-25H,1-2,7,10-12H2,(H2,23,27)(H,26,28)/t15-,18+,19+,20-/m1/s1. The number of hydrogen-bond donors (Lipinski definition) is 4. The number of carbonyl (C=O) groups excluding carboxylic acids is 2. The zero-order valence-electron chi connectivity index (χ0n) is 16.4. The van der Waals surface area contributed by atoms with E-state index in [1.807, 2.05) is 30.5 Å². The number of benzene rings is 1. The molecular weight excluding hydrogens is 368 g/mol. The van der Waals surface area contributed by atoms with Crippen LogP contribution in [-0.2, 0) is 20.7 Å². The van der Waals surface area contributed by atoms with E-state index in [4.69, 9.17) is 10.5 Å². The molecule has 1 aliphatic rings. The van der Waals surface area contributed by atoms with Gasteiger partial charge in [0.1, 0.15) is 12.1 Å². The number of ether oxygens (including phenoxy) is 1. The van der Waals surface area contributed by atoms with Gasteiger partial charge in [0.15, 0.2) is 0 Å². The lowest BCUT2D eigenvalue weighted by molar-refractivity contribution is -0.131. The summed E-state index contributed by atoms with van der Waals surface area (Å²) >= 11 is 0. The van der Waals surface area contributed by atoms with Crippen LogP contribution in [0.1, 0.15) is 18.4 Å². The Morgan fingerprint density at radius 1 is 1.34 bits per heavy atom. The first-order valence-electron chi connectivity index (χ1n) is 9.82. The zero-order valence-corrected chi connectivity index (χ0v) is 16.4. The van der Waals surface area contributed by atoms with E-state index in [2.05, 4.69) is 28.8 Å². The Hall–Kier alpha value is -3.06. The molecule has 7 heteroatoms. The highest BCUT2D eigenvalue weighted by Crippen LogP contribution is 2.22. The van der Waals surface area contributed by atoms with Crippen molar-refractivity contribution < 1.29 is 14.3 Å². The number of fused-ring (bicyclic) bond motifs is 1. The molecule has 154 valence electrons. The average molecular weight is 396 g/mol. The maximum Gasteiger partial charge on any atom is 0.240 e. The van der Waals surface area contributed by atoms with Crippen molar-refractivity contribution in [2.45, 2.75) is 37.5 Å². The number of nitrogens with one attached hydrogen (secondary N) is 3. The van der Waals surface area contributed by atoms with Crippen molar-refractivity contribution in [2.75, 3.05) is 6.54 Å². The summed E-state index contributed by atoms with van der Waals surface area (Å²) in [6.45, 7) is 8.30. The fraction of sp³-hybridized carbons (Fsp3) is 0.364. The lowest BCUT2D eigenvalue weighted by atomic mass is 9.93. The Morgan fingerprint density at radius 3 is 2.79 bits per heavy atom. The molecule has 2 aromatic rings. The maximum atomic E-state index is 13.0. The molecule has 1 aromatic heterocycles. The maximum absolute atomic E-state index is 13.0. The van der Waals surface area contributed by atoms with Gasteiger partial charge in [-0.25, -0.2) is 0 Å². The van der Waals surface area contributed by atoms with Crippen LogP contribution in [0.5, 0.6) is 0 Å². The number of amides is 2. The summed E-state index contributed by atoms with van der Waals surface area (Å²) in [7, 11) is 0. The van der Waals surface area contributed by atoms with E-state index in [0.29, 0.717) is 6.42 Å². The fourth-order valence-corrected chi connectivity index (χ4v) is 3.93. The quantitative estimate of drug-likeness (QED) is 0.362. The molecule has 0 aliphatic carbocycles. The van der Waals surface area contributed by atoms with Crippen LogP contribution in [0, 0.1) is 5.92 Å². The first-order chi connectivity index (χ1) is 14.0. The highest BCUT2D eigenvalue weighted by molar-refractivity contribution is 5.90. The molecule has 0 bridgehead atoms. The molecule has 29 heavy (non-hydrogen) atoms. The fourth-order valence-electron chi connectivity index (χ4n) is 3.93. The van der Waals surface area contributed by atoms with Crippen LogP contribution in [-0.4, -0.2) is 41.5 Å². The second-order valence-corrected chi connectivity index (χ2v) is 7.26. The van der Waals surface area contributed by atoms with Crippen LogP contribution in [0.15, 0.2) is 56.0 Å². The van der Waals surface area contributed by atoms with Gasteiger partial charge >= 0.3 is 0 Å². The average Bonchev–Trinajstić information content (AvgIpc) is 3.38. The molecular formula is C22H28N4O3. The SMILES string of the molecule is C=CO[C@@H]([C@@H]1CCCN1)[C@@H](C=C)C(=O)N[C@@H](Cc1c[nH]c2ccccc12)C(N)=O. The van der Waals surface area contributed by atoms with Crippen molar-refractivity contribution in [3.05, 3.63) is 61.5 Å². The Balaban J connectivity index is 1.75. The number of para-hydroxylation sites is 1. The van der Waals surface area contributed by atoms with Crippen molar-refractivity contribution >= 4 is 22.7 Å². The van der Waals surface area contributed by atoms with Crippen molar-refractivity contribution in [3.63, 3.8) is 0 Å². The summed E-state index contributed by atoms with van der Waals surface area (Å²) in [6.07, 6.45) is 6.48. The molecule has 0 radical (unpaired) electrons. The third-order valence-electron chi connectivity index (χ3n) is 5.42. The minimum absolute atomic E-state index is 0.0161. The third kappa shape index (κ3) is 4.68. The molecule has 0 saturated carbocycles. The molecule has 1 fully saturated rings. The molecule has 1 aliphatic heterocycles. The molecule has 4 atom stereocenters. The minimum atomic E-state index is -0.843. The zero-order chi connectivity index (χ0) is 20.8. The second-order valence-electron chi connectivity index (χ2n) is 7.26. The smallest absolute Gasteiger partial charge is 0.240 e. The minimum Gasteiger partial charge on any atom is -0.496 e. The lowest BCUT2D eigenvalue weighted by Crippen LogP contribution is -2.52. The van der Waals surface area contributed by atoms with E-state index < -0.39 is 24.0 Å². The van der Waals surface area contributed by atoms with Crippen molar-refractivity contribution in [2.24, 2.45) is 11.7 Å². The van der Waals surface area contributed by atoms with Gasteiger partial charge in [-0.1, -0.05) is 30.9 Å². The van der Waals surface area contributed by atoms with Crippen LogP contribution in [0.3, 0.4) is 0 Å². The number of primary amides is 1. The number of nitrogens with two attached hydrogens (primary N) is 1. The summed E-state index contributed by atoms with van der Waals surface area (Å²) < 4.78 is 5.65. The predicted molar refractivity (Wildman–Crippen MR) is 113 cm³/mol. The van der Waals surface area contributed by atoms with Gasteiger partial charge < -0.3 is 26.1 Å². The normalized spacial score (nSPS) is 19.2. The Kier molecular flexibility index (Phi) is 6.72. The monoisotopic (exact) mass is 396 g/mol. The summed E-state index contributed by atoms with van der Waals surface area (Å²) in [5, 5.41) is 7.14. The number of hydrogen-bond acceptors (Lipinski definition) is 4. The van der Waals surface area contributed by atoms with Crippen LogP contribution >= 0.6 is 0 Å². The van der Waals surface area contributed by atoms with Gasteiger partial charge in [-0.2, -0.15) is 0 Å². The number of rotatable bonds is 10. The van der Waals surface area contributed by atoms with Gasteiger partial charge in [0.05, 0.1) is 12.2 Å². The van der Waals surface area contributed by atoms with Crippen LogP contribution < -0.4 is 16.4 Å². The summed E-state index contributed by atoms with van der Waals surface area (Å²) in [5.74, 6) is -1.58. The van der Waals surface area contributed by atoms with E-state index in [0.717, 1.165) is 35.9 Å². The molecule has 5 N–H and O–H groups in total. The summed E-state index contributed by atoms with van der Waals surface area (Å²) in [4.78, 5) is 28.3. The molecule has 0 unspecified atom stereocenters. The van der Waals surface area contributed by atoms with Crippen molar-refractivity contribution in [1.82, 2.24) is 15.6 Å². The first kappa shape index (κ1) is 20.7. The van der Waals surface area contributed by atoms with Gasteiger partial charge in [-0.3, -0.25) is 9.59 Å². The van der Waals surface area contributed by atoms with Gasteiger partial charge in [0, 0.05) is 29.6 Å². The second kappa shape index (κ2) is 9.43. The molecule has 2 heterocycles. The Morgan fingerprint density at radius 2 is 2.14 bits per heavy atom. The van der Waals surface area contributed by atoms with Gasteiger partial charge in [-0.05, 0) is 31.0 Å². The number of aromatic amines is 1. The molecule has 7 nitrogen and oxygen atoms in total. The van der Waals surface area contributed by atoms with Crippen LogP contribution in [0.4, 0.5) is 0 Å². The topological polar surface area (TPSA) is 109 Å². The molecule has 0 spiro atoms. The molecule has 1 aromatic carbocycles. The molecule has 3 rings (SSSR count). The van der Waals surface area contributed by atoms with E-state index in [-0.39, 0.29) is 11.9 Å². The van der Waals surface area contributed by atoms with E-state index in [9.17, 15) is 9.59 Å². The molecule has 2 amide bonds. The van der Waals surface area contributed by atoms with Crippen LogP contribution in [0.25, 0.3) is 10.9 Å². The largest absolute Gasteiger partial charge is 0.496 e. The van der Waals surface area contributed by atoms with Gasteiger partial charge in [-0.15, -0.1) is 6.58 Å². The third-order valence-corrected chi connectivity index (χ3v) is 5.42. The number of H-pyrrole nitrogens is 1. The van der Waals surface area contributed by atoms with E-state index in [1.54, 1.807) is 6.08 Å².